The number of ether oxygens (including phenoxy) is 1. The average Bonchev–Trinajstić information content (AvgIpc) is 3.26. The first-order chi connectivity index (χ1) is 16.9. The van der Waals surface area contributed by atoms with Gasteiger partial charge in [0.2, 0.25) is 5.89 Å². The molecular weight excluding hydrogens is 470 g/mol. The van der Waals surface area contributed by atoms with E-state index in [0.29, 0.717) is 33.3 Å². The molecule has 0 spiro atoms. The minimum absolute atomic E-state index is 0.0661. The van der Waals surface area contributed by atoms with Gasteiger partial charge in [0.25, 0.3) is 11.6 Å². The van der Waals surface area contributed by atoms with Gasteiger partial charge in [0.15, 0.2) is 12.2 Å². The summed E-state index contributed by atoms with van der Waals surface area (Å²) < 4.78 is 11.5. The number of halogens is 1. The number of benzene rings is 4. The van der Waals surface area contributed by atoms with Crippen molar-refractivity contribution in [1.29, 1.82) is 0 Å². The summed E-state index contributed by atoms with van der Waals surface area (Å²) in [4.78, 5) is 27.6. The summed E-state index contributed by atoms with van der Waals surface area (Å²) in [6.45, 7) is 1.27. The van der Waals surface area contributed by atoms with Crippen LogP contribution in [0.5, 0.6) is 5.75 Å². The van der Waals surface area contributed by atoms with E-state index in [1.54, 1.807) is 31.2 Å². The second-order valence-corrected chi connectivity index (χ2v) is 8.24. The molecule has 1 heterocycles. The lowest BCUT2D eigenvalue weighted by Gasteiger charge is -2.09. The zero-order valence-electron chi connectivity index (χ0n) is 18.4. The molecule has 0 aliphatic heterocycles. The summed E-state index contributed by atoms with van der Waals surface area (Å²) in [6, 6.07) is 21.0. The van der Waals surface area contributed by atoms with E-state index in [1.165, 1.54) is 12.1 Å². The molecule has 1 aromatic heterocycles. The van der Waals surface area contributed by atoms with Crippen molar-refractivity contribution < 1.29 is 18.9 Å². The summed E-state index contributed by atoms with van der Waals surface area (Å²) in [7, 11) is 0. The van der Waals surface area contributed by atoms with Crippen molar-refractivity contribution in [3.63, 3.8) is 0 Å². The molecule has 0 unspecified atom stereocenters. The van der Waals surface area contributed by atoms with E-state index in [1.807, 2.05) is 36.4 Å². The molecule has 0 bridgehead atoms. The lowest BCUT2D eigenvalue weighted by molar-refractivity contribution is -0.385. The predicted molar refractivity (Wildman–Crippen MR) is 134 cm³/mol. The molecule has 0 saturated carbocycles. The fraction of sp³-hybridized carbons (Fsp3) is 0.0769. The van der Waals surface area contributed by atoms with Crippen LogP contribution in [0.1, 0.15) is 5.56 Å². The van der Waals surface area contributed by atoms with Crippen LogP contribution in [0.4, 0.5) is 11.4 Å². The Morgan fingerprint density at radius 3 is 2.69 bits per heavy atom. The van der Waals surface area contributed by atoms with Gasteiger partial charge in [-0.15, -0.1) is 0 Å². The van der Waals surface area contributed by atoms with Crippen LogP contribution < -0.4 is 10.1 Å². The van der Waals surface area contributed by atoms with Crippen LogP contribution in [0.2, 0.25) is 5.02 Å². The Morgan fingerprint density at radius 2 is 1.86 bits per heavy atom. The minimum Gasteiger partial charge on any atom is -0.483 e. The van der Waals surface area contributed by atoms with Gasteiger partial charge in [0.05, 0.1) is 10.5 Å². The van der Waals surface area contributed by atoms with E-state index >= 15 is 0 Å². The van der Waals surface area contributed by atoms with E-state index in [0.717, 1.165) is 16.3 Å². The van der Waals surface area contributed by atoms with Gasteiger partial charge in [-0.05, 0) is 48.7 Å². The van der Waals surface area contributed by atoms with Crippen molar-refractivity contribution in [1.82, 2.24) is 4.98 Å². The van der Waals surface area contributed by atoms with Crippen LogP contribution in [-0.4, -0.2) is 22.4 Å². The van der Waals surface area contributed by atoms with Gasteiger partial charge < -0.3 is 14.5 Å². The van der Waals surface area contributed by atoms with Crippen LogP contribution in [-0.2, 0) is 4.79 Å². The van der Waals surface area contributed by atoms with Crippen LogP contribution in [0, 0.1) is 17.0 Å². The molecule has 0 aliphatic rings. The Balaban J connectivity index is 1.34. The van der Waals surface area contributed by atoms with Crippen molar-refractivity contribution in [2.24, 2.45) is 0 Å². The zero-order chi connectivity index (χ0) is 24.5. The van der Waals surface area contributed by atoms with Gasteiger partial charge in [-0.3, -0.25) is 14.9 Å². The maximum absolute atomic E-state index is 12.4. The maximum atomic E-state index is 12.4. The summed E-state index contributed by atoms with van der Waals surface area (Å²) in [5, 5.41) is 16.3. The number of hydrogen-bond donors (Lipinski definition) is 1. The summed E-state index contributed by atoms with van der Waals surface area (Å²) in [5.74, 6) is 0.310. The van der Waals surface area contributed by atoms with Gasteiger partial charge in [-0.25, -0.2) is 4.98 Å². The van der Waals surface area contributed by atoms with Gasteiger partial charge >= 0.3 is 0 Å². The molecule has 5 aromatic rings. The van der Waals surface area contributed by atoms with Gasteiger partial charge in [-0.2, -0.15) is 0 Å². The van der Waals surface area contributed by atoms with Crippen LogP contribution >= 0.6 is 11.6 Å². The molecule has 0 aliphatic carbocycles. The maximum Gasteiger partial charge on any atom is 0.276 e. The molecule has 1 amide bonds. The number of carbonyl (C=O) groups excluding carboxylic acids is 1. The molecule has 35 heavy (non-hydrogen) atoms. The van der Waals surface area contributed by atoms with E-state index in [2.05, 4.69) is 10.3 Å². The Kier molecular flexibility index (Phi) is 5.80. The third-order valence-electron chi connectivity index (χ3n) is 5.58. The first-order valence-corrected chi connectivity index (χ1v) is 11.0. The number of oxazole rings is 1. The molecule has 0 saturated heterocycles. The number of carbonyl (C=O) groups is 1. The Labute approximate surface area is 204 Å². The van der Waals surface area contributed by atoms with Crippen LogP contribution in [0.3, 0.4) is 0 Å². The molecule has 1 N–H and O–H groups in total. The Bertz CT molecular complexity index is 1610. The first-order valence-electron chi connectivity index (χ1n) is 10.7. The lowest BCUT2D eigenvalue weighted by atomic mass is 10.0. The highest BCUT2D eigenvalue weighted by atomic mass is 35.5. The number of nitrogens with one attached hydrogen (secondary N) is 1. The van der Waals surface area contributed by atoms with Crippen molar-refractivity contribution in [3.8, 4) is 17.2 Å². The fourth-order valence-corrected chi connectivity index (χ4v) is 4.11. The highest BCUT2D eigenvalue weighted by Gasteiger charge is 2.16. The number of hydrogen-bond acceptors (Lipinski definition) is 6. The smallest absolute Gasteiger partial charge is 0.276 e. The monoisotopic (exact) mass is 487 g/mol. The third-order valence-corrected chi connectivity index (χ3v) is 5.91. The van der Waals surface area contributed by atoms with Crippen molar-refractivity contribution in [2.75, 3.05) is 11.9 Å². The van der Waals surface area contributed by atoms with Crippen molar-refractivity contribution in [2.45, 2.75) is 6.92 Å². The summed E-state index contributed by atoms with van der Waals surface area (Å²) in [6.07, 6.45) is 0. The first kappa shape index (κ1) is 22.4. The highest BCUT2D eigenvalue weighted by Crippen LogP contribution is 2.34. The number of anilines is 1. The molecule has 4 aromatic carbocycles. The lowest BCUT2D eigenvalue weighted by Crippen LogP contribution is -2.20. The SMILES string of the molecule is Cc1c(OCC(=O)Nc2ccc3oc(-c4cccc5c(Cl)cccc45)nc3c2)cccc1[N+](=O)[O-]. The number of nitrogens with zero attached hydrogens (tertiary/aromatic N) is 2. The van der Waals surface area contributed by atoms with Crippen LogP contribution in [0.15, 0.2) is 77.2 Å². The standard InChI is InChI=1S/C26H18ClN3O5/c1-15-22(30(32)33)9-4-10-23(15)34-14-25(31)28-16-11-12-24-21(13-16)29-26(35-24)19-7-2-6-18-17(19)5-3-8-20(18)27/h2-13H,14H2,1H3,(H,28,31). The quantitative estimate of drug-likeness (QED) is 0.215. The van der Waals surface area contributed by atoms with E-state index < -0.39 is 10.8 Å². The van der Waals surface area contributed by atoms with Gasteiger partial charge in [-0.1, -0.05) is 41.9 Å². The van der Waals surface area contributed by atoms with E-state index in [-0.39, 0.29) is 18.0 Å². The topological polar surface area (TPSA) is 108 Å². The number of aromatic nitrogens is 1. The van der Waals surface area contributed by atoms with Gasteiger partial charge in [0.1, 0.15) is 11.3 Å². The molecule has 9 heteroatoms. The number of rotatable bonds is 6. The third kappa shape index (κ3) is 4.39. The summed E-state index contributed by atoms with van der Waals surface area (Å²) >= 11 is 6.33. The van der Waals surface area contributed by atoms with Gasteiger partial charge in [0, 0.05) is 27.7 Å². The Morgan fingerprint density at radius 1 is 1.09 bits per heavy atom. The van der Waals surface area contributed by atoms with Crippen molar-refractivity contribution in [3.05, 3.63) is 93.5 Å². The average molecular weight is 488 g/mol. The van der Waals surface area contributed by atoms with Crippen molar-refractivity contribution >= 4 is 50.8 Å². The fourth-order valence-electron chi connectivity index (χ4n) is 3.88. The molecule has 0 atom stereocenters. The predicted octanol–water partition coefficient (Wildman–Crippen LogP) is 6.54. The summed E-state index contributed by atoms with van der Waals surface area (Å²) in [5.41, 5.74) is 2.77. The number of amides is 1. The normalized spacial score (nSPS) is 11.0. The zero-order valence-corrected chi connectivity index (χ0v) is 19.2. The van der Waals surface area contributed by atoms with E-state index in [4.69, 9.17) is 20.8 Å². The number of nitro groups is 1. The van der Waals surface area contributed by atoms with Crippen LogP contribution in [0.25, 0.3) is 33.3 Å². The second kappa shape index (κ2) is 9.08. The molecule has 5 rings (SSSR count). The molecule has 0 radical (unpaired) electrons. The van der Waals surface area contributed by atoms with E-state index in [9.17, 15) is 14.9 Å². The molecule has 8 nitrogen and oxygen atoms in total. The minimum atomic E-state index is -0.490. The highest BCUT2D eigenvalue weighted by molar-refractivity contribution is 6.35. The molecule has 0 fully saturated rings. The largest absolute Gasteiger partial charge is 0.483 e. The second-order valence-electron chi connectivity index (χ2n) is 7.84. The Hall–Kier alpha value is -4.43. The molecule has 174 valence electrons. The number of nitro benzene ring substituents is 1. The number of fused-ring (bicyclic) bond motifs is 2. The molecular formula is C26H18ClN3O5.